The minimum Gasteiger partial charge on any atom is -0.493 e. The van der Waals surface area contributed by atoms with E-state index in [0.29, 0.717) is 22.8 Å². The summed E-state index contributed by atoms with van der Waals surface area (Å²) in [4.78, 5) is 13.1. The molecule has 5 nitrogen and oxygen atoms in total. The monoisotopic (exact) mass is 382 g/mol. The molecule has 1 atom stereocenters. The van der Waals surface area contributed by atoms with Crippen molar-refractivity contribution < 1.29 is 23.7 Å². The molecule has 0 fully saturated rings. The van der Waals surface area contributed by atoms with E-state index in [4.69, 9.17) is 18.9 Å². The van der Waals surface area contributed by atoms with E-state index in [2.05, 4.69) is 0 Å². The van der Waals surface area contributed by atoms with Crippen LogP contribution in [0.1, 0.15) is 48.2 Å². The van der Waals surface area contributed by atoms with Gasteiger partial charge in [-0.05, 0) is 55.8 Å². The molecule has 0 bridgehead atoms. The molecule has 1 unspecified atom stereocenters. The molecule has 1 aliphatic heterocycles. The molecule has 28 heavy (non-hydrogen) atoms. The van der Waals surface area contributed by atoms with Crippen molar-refractivity contribution in [2.45, 2.75) is 32.3 Å². The summed E-state index contributed by atoms with van der Waals surface area (Å²) in [7, 11) is 4.67. The molecular formula is C23H26O5. The summed E-state index contributed by atoms with van der Waals surface area (Å²) >= 11 is 0. The third kappa shape index (κ3) is 3.70. The van der Waals surface area contributed by atoms with E-state index in [1.54, 1.807) is 21.3 Å². The number of carbonyl (C=O) groups excluding carboxylic acids is 1. The molecule has 0 aromatic heterocycles. The minimum atomic E-state index is -0.378. The Morgan fingerprint density at radius 1 is 1.00 bits per heavy atom. The predicted molar refractivity (Wildman–Crippen MR) is 109 cm³/mol. The number of carbonyl (C=O) groups is 1. The molecule has 0 saturated carbocycles. The number of fused-ring (bicyclic) bond motifs is 1. The summed E-state index contributed by atoms with van der Waals surface area (Å²) in [5.41, 5.74) is 1.99. The van der Waals surface area contributed by atoms with E-state index >= 15 is 0 Å². The van der Waals surface area contributed by atoms with Crippen LogP contribution < -0.4 is 18.9 Å². The lowest BCUT2D eigenvalue weighted by Gasteiger charge is -2.28. The first kappa shape index (κ1) is 19.8. The summed E-state index contributed by atoms with van der Waals surface area (Å²) in [5.74, 6) is 1.98. The number of benzene rings is 2. The van der Waals surface area contributed by atoms with Gasteiger partial charge in [0.15, 0.2) is 17.3 Å². The lowest BCUT2D eigenvalue weighted by molar-refractivity contribution is 0.0966. The fourth-order valence-electron chi connectivity index (χ4n) is 3.29. The van der Waals surface area contributed by atoms with Crippen LogP contribution in [0.2, 0.25) is 0 Å². The summed E-state index contributed by atoms with van der Waals surface area (Å²) in [6.07, 6.45) is 3.99. The van der Waals surface area contributed by atoms with E-state index in [9.17, 15) is 4.79 Å². The van der Waals surface area contributed by atoms with Crippen LogP contribution in [0.5, 0.6) is 23.0 Å². The van der Waals surface area contributed by atoms with Crippen LogP contribution in [-0.2, 0) is 0 Å². The maximum atomic E-state index is 13.1. The van der Waals surface area contributed by atoms with E-state index in [0.717, 1.165) is 16.9 Å². The second kappa shape index (κ2) is 7.58. The van der Waals surface area contributed by atoms with Gasteiger partial charge in [-0.15, -0.1) is 0 Å². The average molecular weight is 382 g/mol. The molecule has 1 aliphatic rings. The van der Waals surface area contributed by atoms with E-state index in [1.165, 1.54) is 0 Å². The summed E-state index contributed by atoms with van der Waals surface area (Å²) < 4.78 is 22.1. The molecule has 2 aromatic carbocycles. The molecule has 5 heteroatoms. The topological polar surface area (TPSA) is 54.0 Å². The highest BCUT2D eigenvalue weighted by Crippen LogP contribution is 2.41. The Labute approximate surface area is 165 Å². The van der Waals surface area contributed by atoms with Gasteiger partial charge >= 0.3 is 0 Å². The molecule has 0 spiro atoms. The van der Waals surface area contributed by atoms with Crippen LogP contribution in [0.4, 0.5) is 0 Å². The summed E-state index contributed by atoms with van der Waals surface area (Å²) in [5, 5.41) is 0. The van der Waals surface area contributed by atoms with Gasteiger partial charge in [-0.1, -0.05) is 13.0 Å². The van der Waals surface area contributed by atoms with Gasteiger partial charge in [-0.25, -0.2) is 0 Å². The second-order valence-electron chi connectivity index (χ2n) is 7.34. The lowest BCUT2D eigenvalue weighted by Crippen LogP contribution is -2.27. The van der Waals surface area contributed by atoms with Gasteiger partial charge in [0, 0.05) is 17.0 Å². The van der Waals surface area contributed by atoms with Crippen molar-refractivity contribution in [2.24, 2.45) is 0 Å². The van der Waals surface area contributed by atoms with Crippen molar-refractivity contribution >= 4 is 11.9 Å². The smallest absolute Gasteiger partial charge is 0.203 e. The molecule has 0 radical (unpaired) electrons. The van der Waals surface area contributed by atoms with Gasteiger partial charge in [0.05, 0.1) is 21.3 Å². The predicted octanol–water partition coefficient (Wildman–Crippen LogP) is 4.88. The van der Waals surface area contributed by atoms with Crippen LogP contribution in [0.15, 0.2) is 36.4 Å². The van der Waals surface area contributed by atoms with Crippen LogP contribution in [0, 0.1) is 0 Å². The maximum Gasteiger partial charge on any atom is 0.203 e. The molecule has 3 rings (SSSR count). The number of Topliss-reactive ketones (excluding diaryl/α,β-unsaturated/α-hetero) is 1. The third-order valence-electron chi connectivity index (χ3n) is 4.91. The molecule has 0 saturated heterocycles. The molecule has 1 heterocycles. The maximum absolute atomic E-state index is 13.1. The first-order chi connectivity index (χ1) is 13.3. The number of hydrogen-bond acceptors (Lipinski definition) is 5. The second-order valence-corrected chi connectivity index (χ2v) is 7.34. The zero-order chi connectivity index (χ0) is 20.5. The zero-order valence-electron chi connectivity index (χ0n) is 17.2. The first-order valence-electron chi connectivity index (χ1n) is 9.16. The standard InChI is InChI=1S/C23H26O5/c1-14(17-12-19(25-4)22(27-6)20(13-17)26-5)21(24)16-7-8-18-15(11-16)9-10-23(2,3)28-18/h7-14H,1-6H3. The van der Waals surface area contributed by atoms with Crippen molar-refractivity contribution in [1.29, 1.82) is 0 Å². The molecule has 148 valence electrons. The number of rotatable bonds is 6. The highest BCUT2D eigenvalue weighted by atomic mass is 16.5. The van der Waals surface area contributed by atoms with Crippen LogP contribution in [-0.4, -0.2) is 32.7 Å². The van der Waals surface area contributed by atoms with Crippen molar-refractivity contribution in [1.82, 2.24) is 0 Å². The zero-order valence-corrected chi connectivity index (χ0v) is 17.2. The highest BCUT2D eigenvalue weighted by Gasteiger charge is 2.25. The van der Waals surface area contributed by atoms with Gasteiger partial charge in [0.2, 0.25) is 5.75 Å². The van der Waals surface area contributed by atoms with Crippen LogP contribution >= 0.6 is 0 Å². The lowest BCUT2D eigenvalue weighted by atomic mass is 9.90. The molecule has 0 aliphatic carbocycles. The van der Waals surface area contributed by atoms with E-state index < -0.39 is 0 Å². The largest absolute Gasteiger partial charge is 0.493 e. The fraction of sp³-hybridized carbons (Fsp3) is 0.348. The summed E-state index contributed by atoms with van der Waals surface area (Å²) in [6, 6.07) is 9.17. The van der Waals surface area contributed by atoms with Gasteiger partial charge in [-0.3, -0.25) is 4.79 Å². The molecule has 0 amide bonds. The average Bonchev–Trinajstić information content (AvgIpc) is 2.70. The van der Waals surface area contributed by atoms with Crippen molar-refractivity contribution in [2.75, 3.05) is 21.3 Å². The van der Waals surface area contributed by atoms with Crippen LogP contribution in [0.3, 0.4) is 0 Å². The highest BCUT2D eigenvalue weighted by molar-refractivity contribution is 6.01. The Morgan fingerprint density at radius 2 is 1.64 bits per heavy atom. The SMILES string of the molecule is COc1cc(C(C)C(=O)c2ccc3c(c2)C=CC(C)(C)O3)cc(OC)c1OC. The first-order valence-corrected chi connectivity index (χ1v) is 9.16. The Balaban J connectivity index is 1.93. The van der Waals surface area contributed by atoms with Gasteiger partial charge in [0.25, 0.3) is 0 Å². The molecular weight excluding hydrogens is 356 g/mol. The minimum absolute atomic E-state index is 0.00954. The van der Waals surface area contributed by atoms with E-state index in [-0.39, 0.29) is 17.3 Å². The Bertz CT molecular complexity index is 902. The fourth-order valence-corrected chi connectivity index (χ4v) is 3.29. The third-order valence-corrected chi connectivity index (χ3v) is 4.91. The van der Waals surface area contributed by atoms with E-state index in [1.807, 2.05) is 63.3 Å². The number of ether oxygens (including phenoxy) is 4. The van der Waals surface area contributed by atoms with Gasteiger partial charge in [0.1, 0.15) is 11.4 Å². The Kier molecular flexibility index (Phi) is 5.36. The number of methoxy groups -OCH3 is 3. The Hall–Kier alpha value is -2.95. The van der Waals surface area contributed by atoms with Crippen LogP contribution in [0.25, 0.3) is 6.08 Å². The van der Waals surface area contributed by atoms with Gasteiger partial charge in [-0.2, -0.15) is 0 Å². The number of hydrogen-bond donors (Lipinski definition) is 0. The van der Waals surface area contributed by atoms with Crippen molar-refractivity contribution in [3.8, 4) is 23.0 Å². The Morgan fingerprint density at radius 3 is 2.21 bits per heavy atom. The molecule has 2 aromatic rings. The quantitative estimate of drug-likeness (QED) is 0.666. The van der Waals surface area contributed by atoms with Crippen molar-refractivity contribution in [3.05, 3.63) is 53.1 Å². The van der Waals surface area contributed by atoms with Crippen molar-refractivity contribution in [3.63, 3.8) is 0 Å². The number of ketones is 1. The van der Waals surface area contributed by atoms with Gasteiger partial charge < -0.3 is 18.9 Å². The normalized spacial score (nSPS) is 15.2. The summed E-state index contributed by atoms with van der Waals surface area (Å²) in [6.45, 7) is 5.87. The molecule has 0 N–H and O–H groups in total.